The lowest BCUT2D eigenvalue weighted by Crippen LogP contribution is -2.17. The van der Waals surface area contributed by atoms with Gasteiger partial charge >= 0.3 is 0 Å². The molecule has 0 aliphatic heterocycles. The molecule has 0 atom stereocenters. The number of fused-ring (bicyclic) bond motifs is 1. The van der Waals surface area contributed by atoms with Gasteiger partial charge in [-0.15, -0.1) is 11.3 Å². The molecule has 0 saturated heterocycles. The Morgan fingerprint density at radius 2 is 2.31 bits per heavy atom. The molecule has 0 unspecified atom stereocenters. The molecule has 1 aliphatic carbocycles. The SMILES string of the molecule is C=C1C=Cc2ncsc2/C1=[N+](/[O-])O. The van der Waals surface area contributed by atoms with E-state index in [9.17, 15) is 5.21 Å². The fraction of sp³-hybridized carbons (Fsp3) is 0. The number of nitrogens with zero attached hydrogens (tertiary/aromatic N) is 2. The fourth-order valence-corrected chi connectivity index (χ4v) is 2.00. The van der Waals surface area contributed by atoms with Crippen molar-refractivity contribution in [1.82, 2.24) is 4.98 Å². The number of allylic oxidation sites excluding steroid dienone is 2. The molecular weight excluding hydrogens is 188 g/mol. The Bertz CT molecular complexity index is 427. The molecule has 1 aromatic rings. The summed E-state index contributed by atoms with van der Waals surface area (Å²) in [7, 11) is 0. The Kier molecular flexibility index (Phi) is 1.66. The second-order valence-electron chi connectivity index (χ2n) is 2.55. The predicted octanol–water partition coefficient (Wildman–Crippen LogP) is 1.41. The van der Waals surface area contributed by atoms with E-state index >= 15 is 0 Å². The minimum absolute atomic E-state index is 0.164. The van der Waals surface area contributed by atoms with Crippen LogP contribution in [0, 0.1) is 5.21 Å². The van der Waals surface area contributed by atoms with Gasteiger partial charge in [-0.25, -0.2) is 4.98 Å². The van der Waals surface area contributed by atoms with Crippen molar-refractivity contribution in [2.75, 3.05) is 0 Å². The summed E-state index contributed by atoms with van der Waals surface area (Å²) < 4.78 is 0. The molecule has 0 amide bonds. The minimum atomic E-state index is -0.164. The van der Waals surface area contributed by atoms with Crippen molar-refractivity contribution in [2.45, 2.75) is 0 Å². The average Bonchev–Trinajstić information content (AvgIpc) is 2.50. The summed E-state index contributed by atoms with van der Waals surface area (Å²) in [6.07, 6.45) is 3.42. The van der Waals surface area contributed by atoms with Gasteiger partial charge in [0.05, 0.1) is 11.2 Å². The van der Waals surface area contributed by atoms with Crippen molar-refractivity contribution in [1.29, 1.82) is 0 Å². The molecule has 2 rings (SSSR count). The van der Waals surface area contributed by atoms with E-state index in [-0.39, 0.29) is 10.6 Å². The largest absolute Gasteiger partial charge is 0.417 e. The Hall–Kier alpha value is -1.62. The van der Waals surface area contributed by atoms with E-state index in [1.54, 1.807) is 17.7 Å². The van der Waals surface area contributed by atoms with Gasteiger partial charge in [0.25, 0.3) is 5.71 Å². The quantitative estimate of drug-likeness (QED) is 0.386. The summed E-state index contributed by atoms with van der Waals surface area (Å²) in [5, 5.41) is 19.6. The van der Waals surface area contributed by atoms with Crippen LogP contribution in [0.15, 0.2) is 23.7 Å². The maximum absolute atomic E-state index is 10.8. The van der Waals surface area contributed by atoms with Crippen molar-refractivity contribution in [3.05, 3.63) is 39.5 Å². The second-order valence-corrected chi connectivity index (χ2v) is 3.40. The molecule has 0 radical (unpaired) electrons. The molecule has 13 heavy (non-hydrogen) atoms. The Morgan fingerprint density at radius 3 is 3.00 bits per heavy atom. The summed E-state index contributed by atoms with van der Waals surface area (Å²) in [5.41, 5.74) is 2.99. The number of rotatable bonds is 0. The molecule has 66 valence electrons. The van der Waals surface area contributed by atoms with E-state index in [0.29, 0.717) is 16.1 Å². The number of thiazole rings is 1. The monoisotopic (exact) mass is 194 g/mol. The third kappa shape index (κ3) is 1.13. The highest BCUT2D eigenvalue weighted by atomic mass is 32.1. The van der Waals surface area contributed by atoms with Crippen LogP contribution in [-0.2, 0) is 0 Å². The van der Waals surface area contributed by atoms with Gasteiger partial charge in [-0.2, -0.15) is 0 Å². The maximum Gasteiger partial charge on any atom is 0.293 e. The predicted molar refractivity (Wildman–Crippen MR) is 49.8 cm³/mol. The number of aromatic nitrogens is 1. The van der Waals surface area contributed by atoms with Gasteiger partial charge < -0.3 is 5.21 Å². The highest BCUT2D eigenvalue weighted by molar-refractivity contribution is 7.12. The molecule has 0 aromatic carbocycles. The third-order valence-corrected chi connectivity index (χ3v) is 2.60. The second kappa shape index (κ2) is 2.70. The molecule has 0 saturated carbocycles. The smallest absolute Gasteiger partial charge is 0.293 e. The Morgan fingerprint density at radius 1 is 1.54 bits per heavy atom. The van der Waals surface area contributed by atoms with Crippen molar-refractivity contribution in [3.63, 3.8) is 0 Å². The lowest BCUT2D eigenvalue weighted by atomic mass is 10.0. The first kappa shape index (κ1) is 8.00. The average molecular weight is 194 g/mol. The topological polar surface area (TPSA) is 59.2 Å². The van der Waals surface area contributed by atoms with E-state index in [0.717, 1.165) is 0 Å². The van der Waals surface area contributed by atoms with Crippen LogP contribution >= 0.6 is 11.3 Å². The minimum Gasteiger partial charge on any atom is -0.417 e. The van der Waals surface area contributed by atoms with Gasteiger partial charge in [0, 0.05) is 10.5 Å². The van der Waals surface area contributed by atoms with E-state index in [1.165, 1.54) is 11.3 Å². The van der Waals surface area contributed by atoms with Crippen LogP contribution in [-0.4, -0.2) is 20.8 Å². The van der Waals surface area contributed by atoms with Gasteiger partial charge in [0.2, 0.25) is 0 Å². The van der Waals surface area contributed by atoms with Crippen LogP contribution < -0.4 is 0 Å². The maximum atomic E-state index is 10.8. The standard InChI is InChI=1S/C8H6N2O2S/c1-5-2-3-6-8(13-4-9-6)7(5)10(11)12/h2-4H,1H2,(H,11,12). The number of hydrogen-bond donors (Lipinski definition) is 1. The van der Waals surface area contributed by atoms with Gasteiger partial charge in [-0.3, -0.25) is 5.21 Å². The molecule has 0 fully saturated rings. The van der Waals surface area contributed by atoms with Crippen LogP contribution in [0.25, 0.3) is 6.08 Å². The molecule has 1 heterocycles. The molecule has 0 bridgehead atoms. The summed E-state index contributed by atoms with van der Waals surface area (Å²) in [6, 6.07) is 0. The highest BCUT2D eigenvalue weighted by Gasteiger charge is 2.25. The normalized spacial score (nSPS) is 18.6. The van der Waals surface area contributed by atoms with Crippen molar-refractivity contribution < 1.29 is 10.1 Å². The van der Waals surface area contributed by atoms with Crippen LogP contribution in [0.2, 0.25) is 0 Å². The van der Waals surface area contributed by atoms with Gasteiger partial charge in [-0.1, -0.05) is 6.58 Å². The lowest BCUT2D eigenvalue weighted by molar-refractivity contribution is -0.725. The van der Waals surface area contributed by atoms with E-state index in [2.05, 4.69) is 11.6 Å². The molecular formula is C8H6N2O2S. The van der Waals surface area contributed by atoms with Crippen molar-refractivity contribution in [3.8, 4) is 0 Å². The Labute approximate surface area is 78.3 Å². The van der Waals surface area contributed by atoms with Crippen LogP contribution in [0.1, 0.15) is 10.6 Å². The molecule has 1 aromatic heterocycles. The summed E-state index contributed by atoms with van der Waals surface area (Å²) in [4.78, 5) is 4.51. The zero-order chi connectivity index (χ0) is 9.42. The first-order chi connectivity index (χ1) is 6.20. The van der Waals surface area contributed by atoms with E-state index in [1.807, 2.05) is 0 Å². The van der Waals surface area contributed by atoms with Crippen LogP contribution in [0.3, 0.4) is 0 Å². The van der Waals surface area contributed by atoms with Gasteiger partial charge in [0.1, 0.15) is 4.88 Å². The van der Waals surface area contributed by atoms with Crippen molar-refractivity contribution >= 4 is 23.1 Å². The summed E-state index contributed by atoms with van der Waals surface area (Å²) in [6.45, 7) is 3.65. The van der Waals surface area contributed by atoms with Crippen molar-refractivity contribution in [2.24, 2.45) is 0 Å². The zero-order valence-corrected chi connectivity index (χ0v) is 7.41. The molecule has 4 nitrogen and oxygen atoms in total. The van der Waals surface area contributed by atoms with Crippen LogP contribution in [0.5, 0.6) is 0 Å². The van der Waals surface area contributed by atoms with Gasteiger partial charge in [0.15, 0.2) is 0 Å². The molecule has 5 heteroatoms. The summed E-state index contributed by atoms with van der Waals surface area (Å²) >= 11 is 1.30. The lowest BCUT2D eigenvalue weighted by Gasteiger charge is -2.04. The first-order valence-electron chi connectivity index (χ1n) is 3.54. The molecule has 1 N–H and O–H groups in total. The number of hydrogen-bond acceptors (Lipinski definition) is 4. The molecule has 0 spiro atoms. The van der Waals surface area contributed by atoms with Crippen LogP contribution in [0.4, 0.5) is 0 Å². The zero-order valence-electron chi connectivity index (χ0n) is 6.60. The highest BCUT2D eigenvalue weighted by Crippen LogP contribution is 2.24. The molecule has 1 aliphatic rings. The van der Waals surface area contributed by atoms with E-state index < -0.39 is 0 Å². The van der Waals surface area contributed by atoms with Gasteiger partial charge in [-0.05, 0) is 12.2 Å². The fourth-order valence-electron chi connectivity index (χ4n) is 1.16. The summed E-state index contributed by atoms with van der Waals surface area (Å²) in [5.74, 6) is 0. The Balaban J connectivity index is 2.69. The third-order valence-electron chi connectivity index (χ3n) is 1.75. The van der Waals surface area contributed by atoms with E-state index in [4.69, 9.17) is 5.21 Å². The first-order valence-corrected chi connectivity index (χ1v) is 4.42.